The van der Waals surface area contributed by atoms with Crippen molar-refractivity contribution in [2.75, 3.05) is 12.3 Å². The maximum Gasteiger partial charge on any atom is 0.240 e. The molecule has 10 nitrogen and oxygen atoms in total. The first-order valence-electron chi connectivity index (χ1n) is 9.21. The number of aliphatic hydroxyl groups excluding tert-OH is 3. The Bertz CT molecular complexity index is 837. The van der Waals surface area contributed by atoms with Crippen LogP contribution < -0.4 is 15.2 Å². The molecule has 2 aromatic rings. The van der Waals surface area contributed by atoms with Gasteiger partial charge in [-0.05, 0) is 31.5 Å². The molecule has 0 amide bonds. The normalized spacial score (nSPS) is 24.7. The van der Waals surface area contributed by atoms with Crippen LogP contribution in [0.1, 0.15) is 25.0 Å². The Morgan fingerprint density at radius 1 is 1.24 bits per heavy atom. The molecule has 0 aliphatic carbocycles. The molecule has 10 heteroatoms. The SMILES string of the molecule is CC(C)Oc1ccc(Cc2c(OC3O[C@H](CO)[C@@H](O)C(=O)[C@H]3O)n[nH]c2N)cc1. The maximum absolute atomic E-state index is 11.9. The number of rotatable bonds is 7. The monoisotopic (exact) mass is 407 g/mol. The Morgan fingerprint density at radius 2 is 1.93 bits per heavy atom. The van der Waals surface area contributed by atoms with Crippen molar-refractivity contribution in [2.24, 2.45) is 0 Å². The lowest BCUT2D eigenvalue weighted by Crippen LogP contribution is -2.57. The number of ether oxygens (including phenoxy) is 3. The number of aromatic nitrogens is 2. The van der Waals surface area contributed by atoms with Gasteiger partial charge in [-0.1, -0.05) is 12.1 Å². The predicted molar refractivity (Wildman–Crippen MR) is 101 cm³/mol. The fraction of sp³-hybridized carbons (Fsp3) is 0.474. The molecular weight excluding hydrogens is 382 g/mol. The zero-order valence-electron chi connectivity index (χ0n) is 16.1. The summed E-state index contributed by atoms with van der Waals surface area (Å²) in [5, 5.41) is 35.6. The van der Waals surface area contributed by atoms with Gasteiger partial charge in [-0.3, -0.25) is 9.89 Å². The van der Waals surface area contributed by atoms with E-state index in [1.165, 1.54) is 0 Å². The minimum absolute atomic E-state index is 0.0509. The van der Waals surface area contributed by atoms with Crippen LogP contribution in [0.4, 0.5) is 5.82 Å². The van der Waals surface area contributed by atoms with Gasteiger partial charge in [0.25, 0.3) is 0 Å². The van der Waals surface area contributed by atoms with E-state index in [0.29, 0.717) is 12.0 Å². The average molecular weight is 407 g/mol. The molecule has 1 aliphatic heterocycles. The largest absolute Gasteiger partial charge is 0.491 e. The van der Waals surface area contributed by atoms with Gasteiger partial charge in [0, 0.05) is 6.42 Å². The number of anilines is 1. The van der Waals surface area contributed by atoms with E-state index in [-0.39, 0.29) is 17.8 Å². The highest BCUT2D eigenvalue weighted by Gasteiger charge is 2.45. The molecule has 1 unspecified atom stereocenters. The number of carbonyl (C=O) groups is 1. The first-order chi connectivity index (χ1) is 13.8. The highest BCUT2D eigenvalue weighted by atomic mass is 16.7. The molecule has 29 heavy (non-hydrogen) atoms. The highest BCUT2D eigenvalue weighted by molar-refractivity contribution is 5.88. The van der Waals surface area contributed by atoms with Crippen LogP contribution in [0, 0.1) is 0 Å². The van der Waals surface area contributed by atoms with Crippen LogP contribution in [0.25, 0.3) is 0 Å². The van der Waals surface area contributed by atoms with E-state index in [9.17, 15) is 20.1 Å². The number of aromatic amines is 1. The maximum atomic E-state index is 11.9. The number of nitrogens with two attached hydrogens (primary N) is 1. The zero-order valence-corrected chi connectivity index (χ0v) is 16.1. The van der Waals surface area contributed by atoms with Gasteiger partial charge in [0.05, 0.1) is 18.3 Å². The van der Waals surface area contributed by atoms with Crippen molar-refractivity contribution >= 4 is 11.6 Å². The number of ketones is 1. The van der Waals surface area contributed by atoms with Gasteiger partial charge in [0.1, 0.15) is 23.8 Å². The van der Waals surface area contributed by atoms with Crippen LogP contribution >= 0.6 is 0 Å². The van der Waals surface area contributed by atoms with E-state index in [0.717, 1.165) is 11.3 Å². The minimum Gasteiger partial charge on any atom is -0.491 e. The molecular formula is C19H25N3O7. The van der Waals surface area contributed by atoms with Gasteiger partial charge in [-0.15, -0.1) is 5.10 Å². The molecule has 1 saturated heterocycles. The summed E-state index contributed by atoms with van der Waals surface area (Å²) in [6.07, 6.45) is -5.58. The number of hydrogen-bond acceptors (Lipinski definition) is 9. The molecule has 1 aliphatic rings. The summed E-state index contributed by atoms with van der Waals surface area (Å²) in [5.41, 5.74) is 7.37. The summed E-state index contributed by atoms with van der Waals surface area (Å²) in [6.45, 7) is 3.27. The van der Waals surface area contributed by atoms with Crippen molar-refractivity contribution in [3.8, 4) is 11.6 Å². The third kappa shape index (κ3) is 4.67. The summed E-state index contributed by atoms with van der Waals surface area (Å²) in [6, 6.07) is 7.43. The summed E-state index contributed by atoms with van der Waals surface area (Å²) < 4.78 is 16.5. The lowest BCUT2D eigenvalue weighted by molar-refractivity contribution is -0.230. The molecule has 0 saturated carbocycles. The van der Waals surface area contributed by atoms with Gasteiger partial charge >= 0.3 is 0 Å². The molecule has 158 valence electrons. The van der Waals surface area contributed by atoms with E-state index in [1.807, 2.05) is 38.1 Å². The fourth-order valence-corrected chi connectivity index (χ4v) is 2.95. The lowest BCUT2D eigenvalue weighted by Gasteiger charge is -2.34. The van der Waals surface area contributed by atoms with E-state index >= 15 is 0 Å². The van der Waals surface area contributed by atoms with Crippen molar-refractivity contribution in [3.63, 3.8) is 0 Å². The predicted octanol–water partition coefficient (Wildman–Crippen LogP) is -0.243. The van der Waals surface area contributed by atoms with Crippen LogP contribution in [0.5, 0.6) is 11.6 Å². The van der Waals surface area contributed by atoms with Crippen LogP contribution in [-0.4, -0.2) is 68.6 Å². The molecule has 3 rings (SSSR count). The van der Waals surface area contributed by atoms with E-state index in [1.54, 1.807) is 0 Å². The van der Waals surface area contributed by atoms with Gasteiger partial charge in [0.2, 0.25) is 12.2 Å². The number of Topliss-reactive ketones (excluding diaryl/α,β-unsaturated/α-hetero) is 1. The number of nitrogens with one attached hydrogen (secondary N) is 1. The molecule has 1 aromatic heterocycles. The second-order valence-corrected chi connectivity index (χ2v) is 7.04. The number of aliphatic hydroxyl groups is 3. The Morgan fingerprint density at radius 3 is 2.55 bits per heavy atom. The Kier molecular flexibility index (Phi) is 6.38. The summed E-state index contributed by atoms with van der Waals surface area (Å²) in [5.74, 6) is 0.158. The van der Waals surface area contributed by atoms with E-state index < -0.39 is 37.0 Å². The van der Waals surface area contributed by atoms with Crippen molar-refractivity contribution in [2.45, 2.75) is 51.0 Å². The third-order valence-electron chi connectivity index (χ3n) is 4.45. The zero-order chi connectivity index (χ0) is 21.1. The minimum atomic E-state index is -1.73. The molecule has 6 N–H and O–H groups in total. The van der Waals surface area contributed by atoms with Crippen molar-refractivity contribution < 1.29 is 34.3 Å². The molecule has 1 fully saturated rings. The summed E-state index contributed by atoms with van der Waals surface area (Å²) in [7, 11) is 0. The Labute approximate surface area is 167 Å². The quantitative estimate of drug-likeness (QED) is 0.417. The molecule has 0 radical (unpaired) electrons. The number of benzene rings is 1. The Hall–Kier alpha value is -2.66. The number of H-pyrrole nitrogens is 1. The lowest BCUT2D eigenvalue weighted by atomic mass is 10.0. The number of nitrogen functional groups attached to an aromatic ring is 1. The van der Waals surface area contributed by atoms with Gasteiger partial charge in [-0.25, -0.2) is 0 Å². The van der Waals surface area contributed by atoms with Crippen molar-refractivity contribution in [3.05, 3.63) is 35.4 Å². The molecule has 0 spiro atoms. The van der Waals surface area contributed by atoms with Crippen LogP contribution in [0.2, 0.25) is 0 Å². The third-order valence-corrected chi connectivity index (χ3v) is 4.45. The number of hydrogen-bond donors (Lipinski definition) is 5. The van der Waals surface area contributed by atoms with E-state index in [4.69, 9.17) is 19.9 Å². The van der Waals surface area contributed by atoms with Crippen molar-refractivity contribution in [1.29, 1.82) is 0 Å². The number of nitrogens with zero attached hydrogens (tertiary/aromatic N) is 1. The van der Waals surface area contributed by atoms with Crippen LogP contribution in [0.15, 0.2) is 24.3 Å². The fourth-order valence-electron chi connectivity index (χ4n) is 2.95. The molecule has 1 aromatic carbocycles. The van der Waals surface area contributed by atoms with E-state index in [2.05, 4.69) is 10.2 Å². The van der Waals surface area contributed by atoms with Crippen molar-refractivity contribution in [1.82, 2.24) is 10.2 Å². The smallest absolute Gasteiger partial charge is 0.240 e. The first kappa shape index (κ1) is 21.1. The Balaban J connectivity index is 1.75. The van der Waals surface area contributed by atoms with Gasteiger partial charge in [-0.2, -0.15) is 0 Å². The molecule has 0 bridgehead atoms. The van der Waals surface area contributed by atoms with Crippen LogP contribution in [0.3, 0.4) is 0 Å². The van der Waals surface area contributed by atoms with Crippen LogP contribution in [-0.2, 0) is 16.0 Å². The molecule has 4 atom stereocenters. The average Bonchev–Trinajstić information content (AvgIpc) is 3.03. The molecule has 2 heterocycles. The van der Waals surface area contributed by atoms with Gasteiger partial charge < -0.3 is 35.3 Å². The second-order valence-electron chi connectivity index (χ2n) is 7.04. The summed E-state index contributed by atoms with van der Waals surface area (Å²) in [4.78, 5) is 11.9. The summed E-state index contributed by atoms with van der Waals surface area (Å²) >= 11 is 0. The topological polar surface area (TPSA) is 160 Å². The second kappa shape index (κ2) is 8.78. The van der Waals surface area contributed by atoms with Gasteiger partial charge in [0.15, 0.2) is 11.9 Å². The standard InChI is InChI=1S/C19H25N3O7/c1-9(2)27-11-5-3-10(4-6-11)7-12-17(20)21-22-18(12)29-19-16(26)15(25)14(24)13(8-23)28-19/h3-6,9,13-14,16,19,23-24,26H,7-8H2,1-2H3,(H3,20,21,22)/t13-,14-,16-,19?/m1/s1. The first-order valence-corrected chi connectivity index (χ1v) is 9.21. The highest BCUT2D eigenvalue weighted by Crippen LogP contribution is 2.28. The number of carbonyl (C=O) groups excluding carboxylic acids is 1.